The molecule has 0 aliphatic rings. The van der Waals surface area contributed by atoms with Crippen LogP contribution in [0.25, 0.3) is 20.7 Å². The molecule has 0 atom stereocenters. The summed E-state index contributed by atoms with van der Waals surface area (Å²) in [5, 5.41) is 14.0. The molecule has 0 fully saturated rings. The second-order valence-electron chi connectivity index (χ2n) is 6.23. The SMILES string of the molecule is O=C(Cn1cnc2sc(-c3ccccc3)cc2c1=O)NN=Cc1ccccc1O. The molecule has 2 N–H and O–H groups in total. The topological polar surface area (TPSA) is 96.6 Å². The highest BCUT2D eigenvalue weighted by molar-refractivity contribution is 7.21. The first kappa shape index (κ1) is 18.6. The molecule has 4 aromatic rings. The maximum atomic E-state index is 12.7. The van der Waals surface area contributed by atoms with Gasteiger partial charge in [0.1, 0.15) is 17.1 Å². The van der Waals surface area contributed by atoms with Crippen LogP contribution in [0, 0.1) is 0 Å². The van der Waals surface area contributed by atoms with Gasteiger partial charge in [-0.15, -0.1) is 11.3 Å². The van der Waals surface area contributed by atoms with Crippen LogP contribution in [0.2, 0.25) is 0 Å². The average Bonchev–Trinajstić information content (AvgIpc) is 3.17. The summed E-state index contributed by atoms with van der Waals surface area (Å²) in [5.41, 5.74) is 3.55. The second-order valence-corrected chi connectivity index (χ2v) is 7.26. The van der Waals surface area contributed by atoms with E-state index in [0.717, 1.165) is 10.4 Å². The molecule has 29 heavy (non-hydrogen) atoms. The lowest BCUT2D eigenvalue weighted by atomic mass is 10.2. The Morgan fingerprint density at radius 2 is 1.93 bits per heavy atom. The van der Waals surface area contributed by atoms with Crippen molar-refractivity contribution in [3.05, 3.63) is 82.9 Å². The van der Waals surface area contributed by atoms with Crippen molar-refractivity contribution >= 4 is 33.7 Å². The number of benzene rings is 2. The number of phenols is 1. The van der Waals surface area contributed by atoms with Crippen molar-refractivity contribution in [2.75, 3.05) is 0 Å². The molecule has 2 heterocycles. The zero-order valence-electron chi connectivity index (χ0n) is 15.1. The van der Waals surface area contributed by atoms with Crippen LogP contribution in [0.4, 0.5) is 0 Å². The summed E-state index contributed by atoms with van der Waals surface area (Å²) in [4.78, 5) is 30.7. The number of hydrogen-bond donors (Lipinski definition) is 2. The third-order valence-corrected chi connectivity index (χ3v) is 5.31. The molecule has 0 bridgehead atoms. The Bertz CT molecular complexity index is 1260. The van der Waals surface area contributed by atoms with E-state index in [4.69, 9.17) is 0 Å². The quantitative estimate of drug-likeness (QED) is 0.395. The van der Waals surface area contributed by atoms with E-state index in [1.165, 1.54) is 34.5 Å². The van der Waals surface area contributed by atoms with Gasteiger partial charge < -0.3 is 5.11 Å². The van der Waals surface area contributed by atoms with Gasteiger partial charge in [0.2, 0.25) is 0 Å². The predicted molar refractivity (Wildman–Crippen MR) is 113 cm³/mol. The zero-order valence-corrected chi connectivity index (χ0v) is 16.0. The Kier molecular flexibility index (Phi) is 5.17. The normalized spacial score (nSPS) is 11.2. The molecule has 0 unspecified atom stereocenters. The lowest BCUT2D eigenvalue weighted by Crippen LogP contribution is -2.29. The highest BCUT2D eigenvalue weighted by atomic mass is 32.1. The fourth-order valence-corrected chi connectivity index (χ4v) is 3.77. The van der Waals surface area contributed by atoms with Crippen LogP contribution in [0.15, 0.2) is 76.9 Å². The maximum Gasteiger partial charge on any atom is 0.262 e. The van der Waals surface area contributed by atoms with Crippen LogP contribution >= 0.6 is 11.3 Å². The molecule has 4 rings (SSSR count). The number of aromatic nitrogens is 2. The number of carbonyl (C=O) groups is 1. The number of para-hydroxylation sites is 1. The Morgan fingerprint density at radius 3 is 2.72 bits per heavy atom. The molecule has 8 heteroatoms. The van der Waals surface area contributed by atoms with Crippen LogP contribution in [-0.2, 0) is 11.3 Å². The molecule has 0 spiro atoms. The molecule has 2 aromatic heterocycles. The fraction of sp³-hybridized carbons (Fsp3) is 0.0476. The lowest BCUT2D eigenvalue weighted by Gasteiger charge is -2.03. The van der Waals surface area contributed by atoms with Crippen molar-refractivity contribution in [1.29, 1.82) is 0 Å². The predicted octanol–water partition coefficient (Wildman–Crippen LogP) is 2.98. The minimum absolute atomic E-state index is 0.0584. The van der Waals surface area contributed by atoms with E-state index in [1.54, 1.807) is 24.3 Å². The summed E-state index contributed by atoms with van der Waals surface area (Å²) >= 11 is 1.43. The fourth-order valence-electron chi connectivity index (χ4n) is 2.78. The molecule has 144 valence electrons. The van der Waals surface area contributed by atoms with Crippen LogP contribution in [0.1, 0.15) is 5.56 Å². The molecule has 1 amide bonds. The number of aromatic hydroxyl groups is 1. The van der Waals surface area contributed by atoms with E-state index in [1.807, 2.05) is 30.3 Å². The molecular formula is C21H16N4O3S. The van der Waals surface area contributed by atoms with Gasteiger partial charge in [-0.2, -0.15) is 5.10 Å². The van der Waals surface area contributed by atoms with Crippen molar-refractivity contribution in [3.8, 4) is 16.2 Å². The van der Waals surface area contributed by atoms with E-state index >= 15 is 0 Å². The van der Waals surface area contributed by atoms with Gasteiger partial charge in [-0.3, -0.25) is 14.2 Å². The van der Waals surface area contributed by atoms with Crippen molar-refractivity contribution in [2.24, 2.45) is 5.10 Å². The number of carbonyl (C=O) groups excluding carboxylic acids is 1. The van der Waals surface area contributed by atoms with Gasteiger partial charge >= 0.3 is 0 Å². The van der Waals surface area contributed by atoms with Gasteiger partial charge in [0, 0.05) is 10.4 Å². The summed E-state index contributed by atoms with van der Waals surface area (Å²) in [7, 11) is 0. The Balaban J connectivity index is 1.51. The van der Waals surface area contributed by atoms with Crippen LogP contribution in [-0.4, -0.2) is 26.8 Å². The summed E-state index contributed by atoms with van der Waals surface area (Å²) < 4.78 is 1.24. The first-order chi connectivity index (χ1) is 14.1. The number of nitrogens with one attached hydrogen (secondary N) is 1. The zero-order chi connectivity index (χ0) is 20.2. The number of phenolic OH excluding ortho intramolecular Hbond substituents is 1. The largest absolute Gasteiger partial charge is 0.507 e. The molecule has 7 nitrogen and oxygen atoms in total. The van der Waals surface area contributed by atoms with Gasteiger partial charge in [-0.25, -0.2) is 10.4 Å². The highest BCUT2D eigenvalue weighted by Gasteiger charge is 2.12. The van der Waals surface area contributed by atoms with Gasteiger partial charge in [-0.05, 0) is 23.8 Å². The van der Waals surface area contributed by atoms with Gasteiger partial charge in [0.05, 0.1) is 17.9 Å². The highest BCUT2D eigenvalue weighted by Crippen LogP contribution is 2.30. The van der Waals surface area contributed by atoms with Crippen molar-refractivity contribution < 1.29 is 9.90 Å². The molecule has 0 aliphatic carbocycles. The average molecular weight is 404 g/mol. The van der Waals surface area contributed by atoms with Crippen LogP contribution in [0.5, 0.6) is 5.75 Å². The van der Waals surface area contributed by atoms with Crippen LogP contribution < -0.4 is 11.0 Å². The minimum Gasteiger partial charge on any atom is -0.507 e. The van der Waals surface area contributed by atoms with Gasteiger partial charge in [-0.1, -0.05) is 42.5 Å². The number of hydrogen-bond acceptors (Lipinski definition) is 6. The van der Waals surface area contributed by atoms with Crippen molar-refractivity contribution in [2.45, 2.75) is 6.54 Å². The Morgan fingerprint density at radius 1 is 1.17 bits per heavy atom. The molecule has 2 aromatic carbocycles. The first-order valence-corrected chi connectivity index (χ1v) is 9.58. The van der Waals surface area contributed by atoms with E-state index in [2.05, 4.69) is 15.5 Å². The second kappa shape index (κ2) is 8.07. The number of nitrogens with zero attached hydrogens (tertiary/aromatic N) is 3. The van der Waals surface area contributed by atoms with E-state index in [9.17, 15) is 14.7 Å². The maximum absolute atomic E-state index is 12.7. The smallest absolute Gasteiger partial charge is 0.262 e. The Labute approximate surface area is 169 Å². The van der Waals surface area contributed by atoms with Gasteiger partial charge in [0.25, 0.3) is 11.5 Å². The third-order valence-electron chi connectivity index (χ3n) is 4.22. The first-order valence-electron chi connectivity index (χ1n) is 8.76. The van der Waals surface area contributed by atoms with E-state index in [-0.39, 0.29) is 17.9 Å². The number of hydrazone groups is 1. The summed E-state index contributed by atoms with van der Waals surface area (Å²) in [5.74, 6) is -0.415. The van der Waals surface area contributed by atoms with Gasteiger partial charge in [0.15, 0.2) is 0 Å². The van der Waals surface area contributed by atoms with Crippen molar-refractivity contribution in [3.63, 3.8) is 0 Å². The van der Waals surface area contributed by atoms with E-state index in [0.29, 0.717) is 15.8 Å². The Hall–Kier alpha value is -3.78. The molecule has 0 saturated carbocycles. The number of fused-ring (bicyclic) bond motifs is 1. The van der Waals surface area contributed by atoms with Crippen molar-refractivity contribution in [1.82, 2.24) is 15.0 Å². The number of rotatable bonds is 5. The van der Waals surface area contributed by atoms with Crippen LogP contribution in [0.3, 0.4) is 0 Å². The summed E-state index contributed by atoms with van der Waals surface area (Å²) in [6.07, 6.45) is 2.70. The van der Waals surface area contributed by atoms with E-state index < -0.39 is 5.91 Å². The summed E-state index contributed by atoms with van der Waals surface area (Å²) in [6, 6.07) is 18.2. The number of thiophene rings is 1. The third kappa shape index (κ3) is 4.07. The molecule has 0 radical (unpaired) electrons. The monoisotopic (exact) mass is 404 g/mol. The summed E-state index contributed by atoms with van der Waals surface area (Å²) in [6.45, 7) is -0.212. The minimum atomic E-state index is -0.474. The lowest BCUT2D eigenvalue weighted by molar-refractivity contribution is -0.121. The standard InChI is InChI=1S/C21H16N4O3S/c26-17-9-5-4-8-15(17)11-23-24-19(27)12-25-13-22-20-16(21(25)28)10-18(29-20)14-6-2-1-3-7-14/h1-11,13,26H,12H2,(H,24,27). The molecule has 0 saturated heterocycles. The molecule has 0 aliphatic heterocycles. The number of amides is 1. The molecular weight excluding hydrogens is 388 g/mol.